The number of nitrogens with zero attached hydrogens (tertiary/aromatic N) is 3. The average molecular weight is 442 g/mol. The summed E-state index contributed by atoms with van der Waals surface area (Å²) in [5.74, 6) is 0.319. The van der Waals surface area contributed by atoms with Gasteiger partial charge in [0.25, 0.3) is 5.56 Å². The molecule has 2 heterocycles. The number of carbonyl (C=O) groups is 1. The van der Waals surface area contributed by atoms with E-state index in [0.717, 1.165) is 19.3 Å². The molecule has 3 aromatic rings. The summed E-state index contributed by atoms with van der Waals surface area (Å²) >= 11 is 7.48. The molecule has 0 aliphatic carbocycles. The number of fused-ring (bicyclic) bond motifs is 1. The zero-order valence-corrected chi connectivity index (χ0v) is 18.6. The molecule has 0 bridgehead atoms. The van der Waals surface area contributed by atoms with Crippen molar-refractivity contribution in [1.29, 1.82) is 0 Å². The third kappa shape index (κ3) is 4.12. The van der Waals surface area contributed by atoms with E-state index in [1.165, 1.54) is 11.8 Å². The molecule has 4 rings (SSSR count). The van der Waals surface area contributed by atoms with E-state index >= 15 is 0 Å². The van der Waals surface area contributed by atoms with Gasteiger partial charge in [-0.1, -0.05) is 41.6 Å². The second-order valence-electron chi connectivity index (χ2n) is 7.75. The number of likely N-dealkylation sites (tertiary alicyclic amines) is 1. The molecule has 0 unspecified atom stereocenters. The molecule has 1 saturated heterocycles. The molecule has 2 atom stereocenters. The molecule has 0 spiro atoms. The lowest BCUT2D eigenvalue weighted by molar-refractivity contribution is -0.134. The average Bonchev–Trinajstić information content (AvgIpc) is 2.72. The number of amides is 1. The van der Waals surface area contributed by atoms with Gasteiger partial charge in [0.15, 0.2) is 5.16 Å². The minimum Gasteiger partial charge on any atom is -0.337 e. The van der Waals surface area contributed by atoms with Crippen LogP contribution in [-0.2, 0) is 4.79 Å². The van der Waals surface area contributed by atoms with Crippen LogP contribution in [0.4, 0.5) is 0 Å². The molecule has 0 saturated carbocycles. The second kappa shape index (κ2) is 8.82. The Labute approximate surface area is 185 Å². The van der Waals surface area contributed by atoms with Gasteiger partial charge in [-0.15, -0.1) is 0 Å². The number of rotatable bonds is 4. The summed E-state index contributed by atoms with van der Waals surface area (Å²) in [5.41, 5.74) is 1.09. The van der Waals surface area contributed by atoms with Crippen molar-refractivity contribution >= 4 is 40.2 Å². The number of benzene rings is 2. The Hall–Kier alpha value is -2.31. The van der Waals surface area contributed by atoms with Gasteiger partial charge in [0.1, 0.15) is 0 Å². The summed E-state index contributed by atoms with van der Waals surface area (Å²) in [4.78, 5) is 33.0. The summed E-state index contributed by atoms with van der Waals surface area (Å²) < 4.78 is 1.55. The van der Waals surface area contributed by atoms with E-state index in [9.17, 15) is 9.59 Å². The van der Waals surface area contributed by atoms with Gasteiger partial charge in [-0.25, -0.2) is 4.98 Å². The molecule has 1 amide bonds. The maximum Gasteiger partial charge on any atom is 0.266 e. The van der Waals surface area contributed by atoms with E-state index in [2.05, 4.69) is 13.8 Å². The third-order valence-corrected chi connectivity index (χ3v) is 6.78. The molecule has 156 valence electrons. The first-order chi connectivity index (χ1) is 14.5. The summed E-state index contributed by atoms with van der Waals surface area (Å²) in [6.07, 6.45) is 3.21. The van der Waals surface area contributed by atoms with Gasteiger partial charge in [0.05, 0.1) is 22.3 Å². The second-order valence-corrected chi connectivity index (χ2v) is 9.13. The highest BCUT2D eigenvalue weighted by atomic mass is 35.5. The van der Waals surface area contributed by atoms with Gasteiger partial charge in [-0.3, -0.25) is 14.2 Å². The van der Waals surface area contributed by atoms with Crippen molar-refractivity contribution in [3.05, 3.63) is 63.9 Å². The molecule has 1 aromatic heterocycles. The predicted octanol–water partition coefficient (Wildman–Crippen LogP) is 4.92. The first-order valence-electron chi connectivity index (χ1n) is 10.2. The van der Waals surface area contributed by atoms with Crippen LogP contribution in [0.15, 0.2) is 58.5 Å². The Morgan fingerprint density at radius 2 is 1.87 bits per heavy atom. The van der Waals surface area contributed by atoms with Crippen LogP contribution in [0.2, 0.25) is 5.02 Å². The number of thioether (sulfide) groups is 1. The third-order valence-electron chi connectivity index (χ3n) is 5.62. The Bertz CT molecular complexity index is 1140. The summed E-state index contributed by atoms with van der Waals surface area (Å²) in [6, 6.07) is 14.9. The number of halogens is 1. The van der Waals surface area contributed by atoms with Crippen LogP contribution in [0.3, 0.4) is 0 Å². The van der Waals surface area contributed by atoms with Gasteiger partial charge in [0, 0.05) is 17.1 Å². The SMILES string of the molecule is C[C@@H]1CCC[C@@H](C)N1C(=O)CSc1nc2ccccc2c(=O)n1-c1cccc(Cl)c1. The van der Waals surface area contributed by atoms with Gasteiger partial charge in [-0.05, 0) is 63.4 Å². The molecule has 1 fully saturated rings. The lowest BCUT2D eigenvalue weighted by atomic mass is 9.98. The maximum absolute atomic E-state index is 13.3. The molecular formula is C23H24ClN3O2S. The maximum atomic E-state index is 13.3. The predicted molar refractivity (Wildman–Crippen MR) is 123 cm³/mol. The van der Waals surface area contributed by atoms with Crippen molar-refractivity contribution in [1.82, 2.24) is 14.5 Å². The van der Waals surface area contributed by atoms with Gasteiger partial charge < -0.3 is 4.90 Å². The molecule has 1 aliphatic rings. The van der Waals surface area contributed by atoms with E-state index in [4.69, 9.17) is 16.6 Å². The lowest BCUT2D eigenvalue weighted by Gasteiger charge is -2.39. The topological polar surface area (TPSA) is 55.2 Å². The summed E-state index contributed by atoms with van der Waals surface area (Å²) in [7, 11) is 0. The number of hydrogen-bond acceptors (Lipinski definition) is 4. The molecule has 5 nitrogen and oxygen atoms in total. The Balaban J connectivity index is 1.72. The van der Waals surface area contributed by atoms with Crippen molar-refractivity contribution in [2.75, 3.05) is 5.75 Å². The van der Waals surface area contributed by atoms with E-state index in [-0.39, 0.29) is 29.3 Å². The number of piperidine rings is 1. The largest absolute Gasteiger partial charge is 0.337 e. The first kappa shape index (κ1) is 20.9. The smallest absolute Gasteiger partial charge is 0.266 e. The van der Waals surface area contributed by atoms with E-state index < -0.39 is 0 Å². The normalized spacial score (nSPS) is 19.2. The van der Waals surface area contributed by atoms with Crippen molar-refractivity contribution in [2.45, 2.75) is 50.4 Å². The summed E-state index contributed by atoms with van der Waals surface area (Å²) in [5, 5.41) is 1.56. The van der Waals surface area contributed by atoms with Crippen LogP contribution in [0.25, 0.3) is 16.6 Å². The molecule has 0 radical (unpaired) electrons. The van der Waals surface area contributed by atoms with Crippen molar-refractivity contribution in [2.24, 2.45) is 0 Å². The molecule has 7 heteroatoms. The van der Waals surface area contributed by atoms with Crippen LogP contribution in [0, 0.1) is 0 Å². The fourth-order valence-electron chi connectivity index (χ4n) is 4.17. The van der Waals surface area contributed by atoms with Crippen LogP contribution in [0.5, 0.6) is 0 Å². The van der Waals surface area contributed by atoms with Crippen molar-refractivity contribution in [3.63, 3.8) is 0 Å². The molecule has 0 N–H and O–H groups in total. The molecule has 2 aromatic carbocycles. The number of aromatic nitrogens is 2. The fourth-order valence-corrected chi connectivity index (χ4v) is 5.23. The van der Waals surface area contributed by atoms with E-state index in [1.54, 1.807) is 28.8 Å². The van der Waals surface area contributed by atoms with Crippen LogP contribution < -0.4 is 5.56 Å². The van der Waals surface area contributed by atoms with E-state index in [0.29, 0.717) is 26.8 Å². The van der Waals surface area contributed by atoms with Crippen LogP contribution in [0.1, 0.15) is 33.1 Å². The minimum atomic E-state index is -0.169. The first-order valence-corrected chi connectivity index (χ1v) is 11.5. The lowest BCUT2D eigenvalue weighted by Crippen LogP contribution is -2.48. The Kier molecular flexibility index (Phi) is 6.16. The number of hydrogen-bond donors (Lipinski definition) is 0. The molecule has 1 aliphatic heterocycles. The van der Waals surface area contributed by atoms with Crippen LogP contribution >= 0.6 is 23.4 Å². The van der Waals surface area contributed by atoms with Crippen molar-refractivity contribution in [3.8, 4) is 5.69 Å². The summed E-state index contributed by atoms with van der Waals surface area (Å²) in [6.45, 7) is 4.21. The Morgan fingerprint density at radius 3 is 2.60 bits per heavy atom. The zero-order valence-electron chi connectivity index (χ0n) is 17.0. The van der Waals surface area contributed by atoms with Crippen molar-refractivity contribution < 1.29 is 4.79 Å². The van der Waals surface area contributed by atoms with E-state index in [1.807, 2.05) is 29.2 Å². The standard InChI is InChI=1S/C23H24ClN3O2S/c1-15-7-5-8-16(2)26(15)21(28)14-30-23-25-20-12-4-3-11-19(20)22(29)27(23)18-10-6-9-17(24)13-18/h3-4,6,9-13,15-16H,5,7-8,14H2,1-2H3/t15-,16-/m1/s1. The van der Waals surface area contributed by atoms with Crippen LogP contribution in [-0.4, -0.2) is 38.2 Å². The monoisotopic (exact) mass is 441 g/mol. The highest BCUT2D eigenvalue weighted by Gasteiger charge is 2.29. The Morgan fingerprint density at radius 1 is 1.13 bits per heavy atom. The zero-order chi connectivity index (χ0) is 21.3. The minimum absolute atomic E-state index is 0.0831. The highest BCUT2D eigenvalue weighted by Crippen LogP contribution is 2.26. The van der Waals surface area contributed by atoms with Gasteiger partial charge in [0.2, 0.25) is 5.91 Å². The van der Waals surface area contributed by atoms with Gasteiger partial charge >= 0.3 is 0 Å². The molecular weight excluding hydrogens is 418 g/mol. The fraction of sp³-hybridized carbons (Fsp3) is 0.348. The quantitative estimate of drug-likeness (QED) is 0.426. The molecule has 30 heavy (non-hydrogen) atoms. The number of para-hydroxylation sites is 1. The highest BCUT2D eigenvalue weighted by molar-refractivity contribution is 7.99. The number of carbonyl (C=O) groups excluding carboxylic acids is 1. The van der Waals surface area contributed by atoms with Gasteiger partial charge in [-0.2, -0.15) is 0 Å².